The Morgan fingerprint density at radius 1 is 0.920 bits per heavy atom. The fourth-order valence-electron chi connectivity index (χ4n) is 5.22. The summed E-state index contributed by atoms with van der Waals surface area (Å²) < 4.78 is 0. The maximum absolute atomic E-state index is 2.61. The third-order valence-electron chi connectivity index (χ3n) is 6.26. The first-order valence-corrected chi connectivity index (χ1v) is 12.8. The van der Waals surface area contributed by atoms with E-state index >= 15 is 0 Å². The van der Waals surface area contributed by atoms with Crippen molar-refractivity contribution in [3.05, 3.63) is 81.9 Å². The summed E-state index contributed by atoms with van der Waals surface area (Å²) >= 11 is 0. The van der Waals surface area contributed by atoms with Gasteiger partial charge >= 0.3 is 0 Å². The van der Waals surface area contributed by atoms with Crippen LogP contribution >= 0.6 is 0 Å². The molecule has 0 aromatic heterocycles. The van der Waals surface area contributed by atoms with E-state index in [0.717, 1.165) is 12.8 Å². The number of rotatable bonds is 4. The first-order chi connectivity index (χ1) is 12.1. The molecule has 0 saturated carbocycles. The van der Waals surface area contributed by atoms with Crippen LogP contribution in [-0.2, 0) is 6.42 Å². The Bertz CT molecular complexity index is 882. The third kappa shape index (κ3) is 2.48. The van der Waals surface area contributed by atoms with E-state index in [0.29, 0.717) is 5.54 Å². The monoisotopic (exact) mass is 344 g/mol. The maximum Gasteiger partial charge on any atom is 0.0930 e. The number of hydrogen-bond acceptors (Lipinski definition) is 0. The molecule has 2 aromatic carbocycles. The van der Waals surface area contributed by atoms with E-state index in [2.05, 4.69) is 81.5 Å². The second-order valence-corrected chi connectivity index (χ2v) is 12.5. The second kappa shape index (κ2) is 6.14. The van der Waals surface area contributed by atoms with Crippen molar-refractivity contribution >= 4 is 19.3 Å². The van der Waals surface area contributed by atoms with Gasteiger partial charge in [0.2, 0.25) is 0 Å². The summed E-state index contributed by atoms with van der Waals surface area (Å²) in [7, 11) is -1.70. The van der Waals surface area contributed by atoms with Crippen LogP contribution in [0.4, 0.5) is 0 Å². The van der Waals surface area contributed by atoms with Gasteiger partial charge in [-0.15, -0.1) is 0 Å². The molecule has 0 saturated heterocycles. The first kappa shape index (κ1) is 16.6. The van der Waals surface area contributed by atoms with Crippen LogP contribution in [0.2, 0.25) is 13.1 Å². The van der Waals surface area contributed by atoms with Crippen molar-refractivity contribution in [2.75, 3.05) is 0 Å². The molecule has 1 heteroatoms. The standard InChI is InChI=1S/C24H28Si/c1-5-17-15-19-11-7-9-13-21(19)23(17)25(3,4)24-18(6-2)16-20-12-8-10-14-22(20)24/h7-15,23H,5-6,16H2,1-4H3. The zero-order chi connectivity index (χ0) is 17.6. The zero-order valence-corrected chi connectivity index (χ0v) is 16.9. The average molecular weight is 345 g/mol. The van der Waals surface area contributed by atoms with Gasteiger partial charge in [0.1, 0.15) is 0 Å². The van der Waals surface area contributed by atoms with E-state index in [-0.39, 0.29) is 0 Å². The second-order valence-electron chi connectivity index (χ2n) is 8.02. The van der Waals surface area contributed by atoms with Crippen molar-refractivity contribution in [3.63, 3.8) is 0 Å². The fraction of sp³-hybridized carbons (Fsp3) is 0.333. The van der Waals surface area contributed by atoms with Gasteiger partial charge in [0.15, 0.2) is 0 Å². The molecule has 0 aliphatic heterocycles. The van der Waals surface area contributed by atoms with Crippen LogP contribution in [-0.4, -0.2) is 8.07 Å². The molecule has 2 aliphatic rings. The molecule has 128 valence electrons. The molecule has 0 N–H and O–H groups in total. The van der Waals surface area contributed by atoms with Crippen molar-refractivity contribution in [3.8, 4) is 0 Å². The molecule has 0 fully saturated rings. The van der Waals surface area contributed by atoms with Crippen molar-refractivity contribution in [1.82, 2.24) is 0 Å². The lowest BCUT2D eigenvalue weighted by atomic mass is 10.1. The van der Waals surface area contributed by atoms with Crippen LogP contribution in [0.25, 0.3) is 11.3 Å². The Labute approximate surface area is 153 Å². The minimum absolute atomic E-state index is 0.622. The van der Waals surface area contributed by atoms with Crippen molar-refractivity contribution in [1.29, 1.82) is 0 Å². The molecular formula is C24H28Si. The van der Waals surface area contributed by atoms with Crippen LogP contribution in [0, 0.1) is 0 Å². The Morgan fingerprint density at radius 3 is 2.40 bits per heavy atom. The topological polar surface area (TPSA) is 0 Å². The van der Waals surface area contributed by atoms with Gasteiger partial charge in [0.25, 0.3) is 0 Å². The van der Waals surface area contributed by atoms with Gasteiger partial charge in [0, 0.05) is 5.54 Å². The summed E-state index contributed by atoms with van der Waals surface area (Å²) in [6, 6.07) is 18.2. The molecule has 2 aliphatic carbocycles. The molecule has 0 bridgehead atoms. The molecule has 4 rings (SSSR count). The highest BCUT2D eigenvalue weighted by molar-refractivity contribution is 6.96. The molecule has 0 nitrogen and oxygen atoms in total. The number of allylic oxidation sites excluding steroid dienone is 2. The van der Waals surface area contributed by atoms with Crippen LogP contribution in [0.1, 0.15) is 54.5 Å². The summed E-state index contributed by atoms with van der Waals surface area (Å²) in [6.45, 7) is 9.88. The third-order valence-corrected chi connectivity index (χ3v) is 10.3. The molecular weight excluding hydrogens is 316 g/mol. The minimum Gasteiger partial charge on any atom is -0.0662 e. The summed E-state index contributed by atoms with van der Waals surface area (Å²) in [4.78, 5) is 0. The predicted molar refractivity (Wildman–Crippen MR) is 112 cm³/mol. The largest absolute Gasteiger partial charge is 0.0930 e. The summed E-state index contributed by atoms with van der Waals surface area (Å²) in [6.07, 6.45) is 5.98. The Morgan fingerprint density at radius 2 is 1.64 bits per heavy atom. The SMILES string of the molecule is CCC1=Cc2ccccc2C1[Si](C)(C)C1=C(CC)Cc2ccccc21. The summed E-state index contributed by atoms with van der Waals surface area (Å²) in [5.74, 6) is 0. The van der Waals surface area contributed by atoms with E-state index in [4.69, 9.17) is 0 Å². The Hall–Kier alpha value is -1.86. The molecule has 2 aromatic rings. The van der Waals surface area contributed by atoms with Gasteiger partial charge in [-0.25, -0.2) is 0 Å². The molecule has 1 unspecified atom stereocenters. The van der Waals surface area contributed by atoms with E-state index in [1.165, 1.54) is 12.0 Å². The molecule has 0 radical (unpaired) electrons. The first-order valence-electron chi connectivity index (χ1n) is 9.68. The fourth-order valence-corrected chi connectivity index (χ4v) is 9.88. The van der Waals surface area contributed by atoms with Crippen LogP contribution < -0.4 is 0 Å². The molecule has 0 heterocycles. The predicted octanol–water partition coefficient (Wildman–Crippen LogP) is 6.78. The molecule has 0 amide bonds. The lowest BCUT2D eigenvalue weighted by Crippen LogP contribution is -2.37. The van der Waals surface area contributed by atoms with Crippen molar-refractivity contribution in [2.24, 2.45) is 0 Å². The molecule has 25 heavy (non-hydrogen) atoms. The van der Waals surface area contributed by atoms with Crippen molar-refractivity contribution < 1.29 is 0 Å². The van der Waals surface area contributed by atoms with Crippen LogP contribution in [0.3, 0.4) is 0 Å². The van der Waals surface area contributed by atoms with Crippen molar-refractivity contribution in [2.45, 2.75) is 51.7 Å². The van der Waals surface area contributed by atoms with Gasteiger partial charge < -0.3 is 0 Å². The lowest BCUT2D eigenvalue weighted by molar-refractivity contribution is 0.977. The molecule has 0 spiro atoms. The highest BCUT2D eigenvalue weighted by Crippen LogP contribution is 2.51. The normalized spacial score (nSPS) is 19.0. The lowest BCUT2D eigenvalue weighted by Gasteiger charge is -2.35. The Balaban J connectivity index is 1.88. The van der Waals surface area contributed by atoms with Crippen LogP contribution in [0.5, 0.6) is 0 Å². The highest BCUT2D eigenvalue weighted by atomic mass is 28.3. The van der Waals surface area contributed by atoms with Gasteiger partial charge in [0.05, 0.1) is 8.07 Å². The number of benzene rings is 2. The van der Waals surface area contributed by atoms with E-state index < -0.39 is 8.07 Å². The quantitative estimate of drug-likeness (QED) is 0.536. The van der Waals surface area contributed by atoms with Crippen LogP contribution in [0.15, 0.2) is 59.7 Å². The van der Waals surface area contributed by atoms with Gasteiger partial charge in [-0.1, -0.05) is 97.9 Å². The van der Waals surface area contributed by atoms with E-state index in [1.807, 2.05) is 0 Å². The number of hydrogen-bond donors (Lipinski definition) is 0. The van der Waals surface area contributed by atoms with Gasteiger partial charge in [-0.05, 0) is 41.5 Å². The minimum atomic E-state index is -1.70. The van der Waals surface area contributed by atoms with E-state index in [9.17, 15) is 0 Å². The maximum atomic E-state index is 2.61. The summed E-state index contributed by atoms with van der Waals surface area (Å²) in [5, 5.41) is 1.74. The smallest absolute Gasteiger partial charge is 0.0662 e. The van der Waals surface area contributed by atoms with Gasteiger partial charge in [-0.3, -0.25) is 0 Å². The Kier molecular flexibility index (Phi) is 4.08. The van der Waals surface area contributed by atoms with E-state index in [1.54, 1.807) is 33.0 Å². The zero-order valence-electron chi connectivity index (χ0n) is 15.9. The van der Waals surface area contributed by atoms with Gasteiger partial charge in [-0.2, -0.15) is 0 Å². The molecule has 1 atom stereocenters. The summed E-state index contributed by atoms with van der Waals surface area (Å²) in [5.41, 5.74) is 10.1. The number of fused-ring (bicyclic) bond motifs is 2. The average Bonchev–Trinajstić information content (AvgIpc) is 3.20. The highest BCUT2D eigenvalue weighted by Gasteiger charge is 2.44.